The Labute approximate surface area is 175 Å². The zero-order valence-corrected chi connectivity index (χ0v) is 19.0. The van der Waals surface area contributed by atoms with Crippen LogP contribution in [0.15, 0.2) is 24.3 Å². The van der Waals surface area contributed by atoms with E-state index >= 15 is 0 Å². The van der Waals surface area contributed by atoms with E-state index in [-0.39, 0.29) is 18.3 Å². The molecule has 0 aromatic heterocycles. The first-order valence-corrected chi connectivity index (χ1v) is 10.4. The van der Waals surface area contributed by atoms with Gasteiger partial charge < -0.3 is 19.1 Å². The van der Waals surface area contributed by atoms with Crippen molar-refractivity contribution < 1.29 is 19.0 Å². The number of hydrogen-bond donors (Lipinski definition) is 0. The number of carbonyl (C=O) groups excluding carboxylic acids is 1. The lowest BCUT2D eigenvalue weighted by Gasteiger charge is -2.21. The third-order valence-corrected chi connectivity index (χ3v) is 4.77. The highest BCUT2D eigenvalue weighted by Crippen LogP contribution is 2.39. The van der Waals surface area contributed by atoms with Gasteiger partial charge in [-0.1, -0.05) is 6.07 Å². The van der Waals surface area contributed by atoms with Gasteiger partial charge >= 0.3 is 6.09 Å². The van der Waals surface area contributed by atoms with E-state index < -0.39 is 0 Å². The topological polar surface area (TPSA) is 48.0 Å². The van der Waals surface area contributed by atoms with Crippen LogP contribution in [0.4, 0.5) is 4.79 Å². The summed E-state index contributed by atoms with van der Waals surface area (Å²) in [5.74, 6) is 1.89. The summed E-state index contributed by atoms with van der Waals surface area (Å²) in [6, 6.07) is 7.78. The van der Waals surface area contributed by atoms with Crippen LogP contribution < -0.4 is 14.2 Å². The zero-order chi connectivity index (χ0) is 20.1. The number of fused-ring (bicyclic) bond motifs is 1. The Balaban J connectivity index is 2.56. The largest absolute Gasteiger partial charge is 0.487 e. The molecule has 6 heteroatoms. The SMILES string of the molecule is CCN(CC)C(=O)Oc1c(I)ccc2cc(OC(C)C)c(OC(C)C)cc12. The summed E-state index contributed by atoms with van der Waals surface area (Å²) < 4.78 is 18.5. The van der Waals surface area contributed by atoms with E-state index in [0.717, 1.165) is 14.3 Å². The highest BCUT2D eigenvalue weighted by atomic mass is 127. The summed E-state index contributed by atoms with van der Waals surface area (Å²) in [4.78, 5) is 14.1. The number of halogens is 1. The summed E-state index contributed by atoms with van der Waals surface area (Å²) >= 11 is 2.19. The van der Waals surface area contributed by atoms with Crippen molar-refractivity contribution in [1.29, 1.82) is 0 Å². The Kier molecular flexibility index (Phi) is 7.59. The van der Waals surface area contributed by atoms with Crippen molar-refractivity contribution in [2.75, 3.05) is 13.1 Å². The molecule has 0 unspecified atom stereocenters. The number of amides is 1. The van der Waals surface area contributed by atoms with Crippen LogP contribution in [0.1, 0.15) is 41.5 Å². The lowest BCUT2D eigenvalue weighted by atomic mass is 10.1. The summed E-state index contributed by atoms with van der Waals surface area (Å²) in [7, 11) is 0. The van der Waals surface area contributed by atoms with Crippen molar-refractivity contribution in [2.24, 2.45) is 0 Å². The van der Waals surface area contributed by atoms with Gasteiger partial charge in [-0.15, -0.1) is 0 Å². The Bertz CT molecular complexity index is 800. The zero-order valence-electron chi connectivity index (χ0n) is 16.8. The van der Waals surface area contributed by atoms with E-state index in [1.165, 1.54) is 0 Å². The number of ether oxygens (including phenoxy) is 3. The first-order valence-electron chi connectivity index (χ1n) is 9.33. The molecular formula is C21H28INO4. The second kappa shape index (κ2) is 9.48. The molecule has 0 radical (unpaired) electrons. The molecule has 0 fully saturated rings. The predicted octanol–water partition coefficient (Wildman–Crippen LogP) is 5.86. The summed E-state index contributed by atoms with van der Waals surface area (Å²) in [6.07, 6.45) is -0.318. The van der Waals surface area contributed by atoms with Gasteiger partial charge in [0.15, 0.2) is 17.2 Å². The van der Waals surface area contributed by atoms with Gasteiger partial charge in [0, 0.05) is 18.5 Å². The van der Waals surface area contributed by atoms with Gasteiger partial charge in [0.05, 0.1) is 15.8 Å². The third kappa shape index (κ3) is 5.40. The molecule has 0 heterocycles. The molecule has 2 rings (SSSR count). The highest BCUT2D eigenvalue weighted by Gasteiger charge is 2.19. The molecule has 0 atom stereocenters. The second-order valence-corrected chi connectivity index (χ2v) is 7.93. The maximum Gasteiger partial charge on any atom is 0.415 e. The molecule has 0 aliphatic carbocycles. The number of benzene rings is 2. The van der Waals surface area contributed by atoms with E-state index in [9.17, 15) is 4.79 Å². The standard InChI is InChI=1S/C21H28INO4/c1-7-23(8-2)21(24)27-20-16-12-19(26-14(5)6)18(25-13(3)4)11-15(16)9-10-17(20)22/h9-14H,7-8H2,1-6H3. The smallest absolute Gasteiger partial charge is 0.415 e. The fourth-order valence-corrected chi connectivity index (χ4v) is 3.29. The molecule has 0 bridgehead atoms. The molecule has 2 aromatic carbocycles. The van der Waals surface area contributed by atoms with Crippen molar-refractivity contribution in [3.63, 3.8) is 0 Å². The third-order valence-electron chi connectivity index (χ3n) is 3.92. The molecule has 148 valence electrons. The number of carbonyl (C=O) groups is 1. The van der Waals surface area contributed by atoms with Crippen molar-refractivity contribution >= 4 is 39.5 Å². The van der Waals surface area contributed by atoms with Crippen molar-refractivity contribution in [2.45, 2.75) is 53.8 Å². The maximum atomic E-state index is 12.5. The Morgan fingerprint density at radius 3 is 2.07 bits per heavy atom. The van der Waals surface area contributed by atoms with Crippen LogP contribution in [0.5, 0.6) is 17.2 Å². The minimum atomic E-state index is -0.348. The van der Waals surface area contributed by atoms with Gasteiger partial charge in [-0.25, -0.2) is 4.79 Å². The van der Waals surface area contributed by atoms with Crippen LogP contribution in [-0.4, -0.2) is 36.3 Å². The van der Waals surface area contributed by atoms with Crippen LogP contribution in [0.2, 0.25) is 0 Å². The van der Waals surface area contributed by atoms with Crippen molar-refractivity contribution in [1.82, 2.24) is 4.90 Å². The monoisotopic (exact) mass is 485 g/mol. The van der Waals surface area contributed by atoms with Gasteiger partial charge in [0.2, 0.25) is 0 Å². The lowest BCUT2D eigenvalue weighted by Crippen LogP contribution is -2.33. The number of hydrogen-bond acceptors (Lipinski definition) is 4. The molecule has 0 spiro atoms. The minimum Gasteiger partial charge on any atom is -0.487 e. The molecule has 0 aliphatic heterocycles. The second-order valence-electron chi connectivity index (χ2n) is 6.77. The predicted molar refractivity (Wildman–Crippen MR) is 117 cm³/mol. The van der Waals surface area contributed by atoms with E-state index in [1.54, 1.807) is 4.90 Å². The fraction of sp³-hybridized carbons (Fsp3) is 0.476. The minimum absolute atomic E-state index is 0.00132. The fourth-order valence-electron chi connectivity index (χ4n) is 2.71. The molecule has 1 amide bonds. The van der Waals surface area contributed by atoms with Crippen LogP contribution in [0.25, 0.3) is 10.8 Å². The van der Waals surface area contributed by atoms with E-state index in [4.69, 9.17) is 14.2 Å². The lowest BCUT2D eigenvalue weighted by molar-refractivity contribution is 0.157. The number of rotatable bonds is 7. The molecule has 0 saturated carbocycles. The molecule has 27 heavy (non-hydrogen) atoms. The quantitative estimate of drug-likeness (QED) is 0.461. The van der Waals surface area contributed by atoms with Gasteiger partial charge in [-0.3, -0.25) is 0 Å². The average molecular weight is 485 g/mol. The van der Waals surface area contributed by atoms with E-state index in [1.807, 2.05) is 65.8 Å². The summed E-state index contributed by atoms with van der Waals surface area (Å²) in [5.41, 5.74) is 0. The van der Waals surface area contributed by atoms with Gasteiger partial charge in [-0.2, -0.15) is 0 Å². The van der Waals surface area contributed by atoms with Crippen molar-refractivity contribution in [3.8, 4) is 17.2 Å². The van der Waals surface area contributed by atoms with Crippen LogP contribution in [0.3, 0.4) is 0 Å². The van der Waals surface area contributed by atoms with Gasteiger partial charge in [-0.05, 0) is 87.7 Å². The number of nitrogens with zero attached hydrogens (tertiary/aromatic N) is 1. The first-order chi connectivity index (χ1) is 12.8. The van der Waals surface area contributed by atoms with Crippen molar-refractivity contribution in [3.05, 3.63) is 27.8 Å². The van der Waals surface area contributed by atoms with E-state index in [2.05, 4.69) is 22.6 Å². The summed E-state index contributed by atoms with van der Waals surface area (Å²) in [6.45, 7) is 13.0. The molecule has 5 nitrogen and oxygen atoms in total. The molecule has 0 N–H and O–H groups in total. The molecule has 2 aromatic rings. The Morgan fingerprint density at radius 2 is 1.56 bits per heavy atom. The normalized spacial score (nSPS) is 11.1. The Hall–Kier alpha value is -1.70. The summed E-state index contributed by atoms with van der Waals surface area (Å²) in [5, 5.41) is 1.76. The van der Waals surface area contributed by atoms with Gasteiger partial charge in [0.25, 0.3) is 0 Å². The van der Waals surface area contributed by atoms with Gasteiger partial charge in [0.1, 0.15) is 0 Å². The molecule has 0 saturated heterocycles. The highest BCUT2D eigenvalue weighted by molar-refractivity contribution is 14.1. The maximum absolute atomic E-state index is 12.5. The van der Waals surface area contributed by atoms with Crippen LogP contribution in [0, 0.1) is 3.57 Å². The molecule has 0 aliphatic rings. The van der Waals surface area contributed by atoms with E-state index in [0.29, 0.717) is 30.3 Å². The Morgan fingerprint density at radius 1 is 1.00 bits per heavy atom. The first kappa shape index (κ1) is 21.6. The van der Waals surface area contributed by atoms with Crippen LogP contribution in [-0.2, 0) is 0 Å². The van der Waals surface area contributed by atoms with Crippen LogP contribution >= 0.6 is 22.6 Å². The average Bonchev–Trinajstić information content (AvgIpc) is 2.58. The molecular weight excluding hydrogens is 457 g/mol.